The van der Waals surface area contributed by atoms with E-state index in [2.05, 4.69) is 63.3 Å². The number of hydrogen-bond acceptors (Lipinski definition) is 2. The zero-order valence-electron chi connectivity index (χ0n) is 14.0. The molecule has 126 valence electrons. The Hall–Kier alpha value is -1.57. The number of hydrogen-bond donors (Lipinski definition) is 2. The van der Waals surface area contributed by atoms with Crippen LogP contribution in [0.1, 0.15) is 25.2 Å². The van der Waals surface area contributed by atoms with E-state index in [1.54, 1.807) is 7.05 Å². The Labute approximate surface area is 155 Å². The molecule has 0 aliphatic heterocycles. The number of rotatable bonds is 6. The highest BCUT2D eigenvalue weighted by Gasteiger charge is 2.05. The van der Waals surface area contributed by atoms with E-state index in [1.807, 2.05) is 18.5 Å². The molecule has 5 nitrogen and oxygen atoms in total. The number of halogens is 1. The van der Waals surface area contributed by atoms with Crippen LogP contribution in [-0.4, -0.2) is 35.1 Å². The summed E-state index contributed by atoms with van der Waals surface area (Å²) in [5.41, 5.74) is 1.28. The molecule has 0 saturated carbocycles. The number of nitrogens with one attached hydrogen (secondary N) is 2. The van der Waals surface area contributed by atoms with Crippen LogP contribution in [0.5, 0.6) is 0 Å². The first-order valence-electron chi connectivity index (χ1n) is 7.70. The molecule has 0 bridgehead atoms. The van der Waals surface area contributed by atoms with Gasteiger partial charge in [0.15, 0.2) is 5.96 Å². The number of benzene rings is 1. The van der Waals surface area contributed by atoms with E-state index in [4.69, 9.17) is 0 Å². The molecule has 0 radical (unpaired) electrons. The first kappa shape index (κ1) is 19.5. The maximum absolute atomic E-state index is 4.46. The number of imidazole rings is 1. The summed E-state index contributed by atoms with van der Waals surface area (Å²) in [7, 11) is 1.79. The van der Waals surface area contributed by atoms with E-state index in [-0.39, 0.29) is 24.0 Å². The van der Waals surface area contributed by atoms with Crippen LogP contribution in [0.25, 0.3) is 0 Å². The maximum atomic E-state index is 4.46. The minimum atomic E-state index is 0. The van der Waals surface area contributed by atoms with Crippen molar-refractivity contribution >= 4 is 29.9 Å². The van der Waals surface area contributed by atoms with Crippen LogP contribution in [0.3, 0.4) is 0 Å². The van der Waals surface area contributed by atoms with Gasteiger partial charge in [0.2, 0.25) is 0 Å². The van der Waals surface area contributed by atoms with Gasteiger partial charge in [-0.15, -0.1) is 24.0 Å². The van der Waals surface area contributed by atoms with Gasteiger partial charge in [0.25, 0.3) is 0 Å². The van der Waals surface area contributed by atoms with Crippen molar-refractivity contribution in [1.29, 1.82) is 0 Å². The van der Waals surface area contributed by atoms with E-state index in [0.717, 1.165) is 31.3 Å². The SMILES string of the molecule is CN=C(NCCc1nccn1Cc1ccccc1)NC(C)C.I. The Kier molecular flexibility index (Phi) is 8.68. The van der Waals surface area contributed by atoms with Crippen molar-refractivity contribution in [2.75, 3.05) is 13.6 Å². The maximum Gasteiger partial charge on any atom is 0.191 e. The normalized spacial score (nSPS) is 11.2. The Morgan fingerprint density at radius 3 is 2.65 bits per heavy atom. The molecule has 0 aliphatic carbocycles. The van der Waals surface area contributed by atoms with Gasteiger partial charge in [-0.2, -0.15) is 0 Å². The molecule has 0 aliphatic rings. The fraction of sp³-hybridized carbons (Fsp3) is 0.412. The van der Waals surface area contributed by atoms with Gasteiger partial charge in [-0.3, -0.25) is 4.99 Å². The third kappa shape index (κ3) is 6.60. The molecule has 0 spiro atoms. The van der Waals surface area contributed by atoms with Crippen molar-refractivity contribution in [3.63, 3.8) is 0 Å². The van der Waals surface area contributed by atoms with Gasteiger partial charge in [0, 0.05) is 45.0 Å². The summed E-state index contributed by atoms with van der Waals surface area (Å²) in [6, 6.07) is 10.8. The van der Waals surface area contributed by atoms with Crippen molar-refractivity contribution in [3.8, 4) is 0 Å². The molecule has 2 rings (SSSR count). The molecule has 1 heterocycles. The van der Waals surface area contributed by atoms with E-state index >= 15 is 0 Å². The lowest BCUT2D eigenvalue weighted by molar-refractivity contribution is 0.674. The van der Waals surface area contributed by atoms with Crippen molar-refractivity contribution in [2.45, 2.75) is 32.9 Å². The summed E-state index contributed by atoms with van der Waals surface area (Å²) in [5, 5.41) is 6.59. The molecule has 2 N–H and O–H groups in total. The highest BCUT2D eigenvalue weighted by atomic mass is 127. The van der Waals surface area contributed by atoms with E-state index in [0.29, 0.717) is 6.04 Å². The third-order valence-corrected chi connectivity index (χ3v) is 3.29. The minimum absolute atomic E-state index is 0. The molecule has 1 aromatic heterocycles. The predicted octanol–water partition coefficient (Wildman–Crippen LogP) is 2.67. The molecule has 0 saturated heterocycles. The summed E-state index contributed by atoms with van der Waals surface area (Å²) in [6.07, 6.45) is 4.75. The van der Waals surface area contributed by atoms with Gasteiger partial charge in [0.1, 0.15) is 5.82 Å². The fourth-order valence-electron chi connectivity index (χ4n) is 2.25. The summed E-state index contributed by atoms with van der Waals surface area (Å²) >= 11 is 0. The Morgan fingerprint density at radius 2 is 2.00 bits per heavy atom. The molecule has 1 aromatic carbocycles. The van der Waals surface area contributed by atoms with Crippen LogP contribution in [0.15, 0.2) is 47.7 Å². The van der Waals surface area contributed by atoms with E-state index in [1.165, 1.54) is 5.56 Å². The average molecular weight is 427 g/mol. The van der Waals surface area contributed by atoms with E-state index < -0.39 is 0 Å². The van der Waals surface area contributed by atoms with Gasteiger partial charge in [-0.1, -0.05) is 30.3 Å². The predicted molar refractivity (Wildman–Crippen MR) is 107 cm³/mol. The molecule has 0 amide bonds. The monoisotopic (exact) mass is 427 g/mol. The van der Waals surface area contributed by atoms with Gasteiger partial charge in [0.05, 0.1) is 0 Å². The Balaban J connectivity index is 0.00000264. The second-order valence-corrected chi connectivity index (χ2v) is 5.50. The van der Waals surface area contributed by atoms with Gasteiger partial charge in [-0.05, 0) is 19.4 Å². The topological polar surface area (TPSA) is 54.2 Å². The van der Waals surface area contributed by atoms with Crippen LogP contribution in [-0.2, 0) is 13.0 Å². The lowest BCUT2D eigenvalue weighted by Gasteiger charge is -2.14. The lowest BCUT2D eigenvalue weighted by atomic mass is 10.2. The van der Waals surface area contributed by atoms with Crippen molar-refractivity contribution < 1.29 is 0 Å². The number of aliphatic imine (C=N–C) groups is 1. The van der Waals surface area contributed by atoms with Crippen LogP contribution in [0, 0.1) is 0 Å². The van der Waals surface area contributed by atoms with Crippen molar-refractivity contribution in [1.82, 2.24) is 20.2 Å². The zero-order chi connectivity index (χ0) is 15.8. The highest BCUT2D eigenvalue weighted by Crippen LogP contribution is 2.05. The molecule has 2 aromatic rings. The van der Waals surface area contributed by atoms with Crippen LogP contribution >= 0.6 is 24.0 Å². The Morgan fingerprint density at radius 1 is 1.26 bits per heavy atom. The fourth-order valence-corrected chi connectivity index (χ4v) is 2.25. The molecular weight excluding hydrogens is 401 g/mol. The molecule has 23 heavy (non-hydrogen) atoms. The summed E-state index contributed by atoms with van der Waals surface area (Å²) in [4.78, 5) is 8.66. The Bertz CT molecular complexity index is 592. The molecule has 0 atom stereocenters. The smallest absolute Gasteiger partial charge is 0.191 e. The molecule has 0 unspecified atom stereocenters. The number of nitrogens with zero attached hydrogens (tertiary/aromatic N) is 3. The largest absolute Gasteiger partial charge is 0.356 e. The van der Waals surface area contributed by atoms with Crippen molar-refractivity contribution in [3.05, 3.63) is 54.1 Å². The quantitative estimate of drug-likeness (QED) is 0.424. The lowest BCUT2D eigenvalue weighted by Crippen LogP contribution is -2.41. The standard InChI is InChI=1S/C17H25N5.HI/c1-14(2)21-17(18-3)20-10-9-16-19-11-12-22(16)13-15-7-5-4-6-8-15;/h4-8,11-12,14H,9-10,13H2,1-3H3,(H2,18,20,21);1H. The third-order valence-electron chi connectivity index (χ3n) is 3.29. The van der Waals surface area contributed by atoms with Crippen LogP contribution < -0.4 is 10.6 Å². The second-order valence-electron chi connectivity index (χ2n) is 5.50. The number of aromatic nitrogens is 2. The first-order chi connectivity index (χ1) is 10.7. The summed E-state index contributed by atoms with van der Waals surface area (Å²) in [5.74, 6) is 1.91. The zero-order valence-corrected chi connectivity index (χ0v) is 16.3. The molecule has 6 heteroatoms. The minimum Gasteiger partial charge on any atom is -0.356 e. The van der Waals surface area contributed by atoms with Gasteiger partial charge < -0.3 is 15.2 Å². The van der Waals surface area contributed by atoms with Crippen LogP contribution in [0.2, 0.25) is 0 Å². The first-order valence-corrected chi connectivity index (χ1v) is 7.70. The summed E-state index contributed by atoms with van der Waals surface area (Å²) in [6.45, 7) is 5.85. The summed E-state index contributed by atoms with van der Waals surface area (Å²) < 4.78 is 2.19. The van der Waals surface area contributed by atoms with Crippen molar-refractivity contribution in [2.24, 2.45) is 4.99 Å². The average Bonchev–Trinajstić information content (AvgIpc) is 2.94. The van der Waals surface area contributed by atoms with Gasteiger partial charge in [-0.25, -0.2) is 4.98 Å². The van der Waals surface area contributed by atoms with E-state index in [9.17, 15) is 0 Å². The number of guanidine groups is 1. The molecule has 0 fully saturated rings. The highest BCUT2D eigenvalue weighted by molar-refractivity contribution is 14.0. The van der Waals surface area contributed by atoms with Crippen LogP contribution in [0.4, 0.5) is 0 Å². The second kappa shape index (κ2) is 10.3. The van der Waals surface area contributed by atoms with Gasteiger partial charge >= 0.3 is 0 Å². The molecular formula is C17H26IN5.